The zero-order valence-electron chi connectivity index (χ0n) is 4.46. The summed E-state index contributed by atoms with van der Waals surface area (Å²) in [5.41, 5.74) is 5.28. The molecule has 7 heavy (non-hydrogen) atoms. The molecule has 0 aromatic carbocycles. The van der Waals surface area contributed by atoms with Crippen molar-refractivity contribution in [2.24, 2.45) is 5.73 Å². The van der Waals surface area contributed by atoms with Crippen molar-refractivity contribution >= 4 is 0 Å². The summed E-state index contributed by atoms with van der Waals surface area (Å²) in [5.74, 6) is 0. The Hall–Kier alpha value is -0.340. The lowest BCUT2D eigenvalue weighted by Crippen LogP contribution is -2.10. The van der Waals surface area contributed by atoms with E-state index in [-0.39, 0.29) is 12.6 Å². The molecule has 1 unspecified atom stereocenters. The van der Waals surface area contributed by atoms with Crippen molar-refractivity contribution in [1.29, 1.82) is 0 Å². The van der Waals surface area contributed by atoms with E-state index in [1.807, 2.05) is 6.92 Å². The summed E-state index contributed by atoms with van der Waals surface area (Å²) in [5, 5.41) is 8.17. The molecule has 0 amide bonds. The Labute approximate surface area is 43.6 Å². The monoisotopic (exact) mass is 101 g/mol. The first kappa shape index (κ1) is 6.66. The fourth-order valence-corrected chi connectivity index (χ4v) is 0.276. The summed E-state index contributed by atoms with van der Waals surface area (Å²) in [4.78, 5) is 0. The van der Waals surface area contributed by atoms with Crippen molar-refractivity contribution in [3.05, 3.63) is 12.2 Å². The van der Waals surface area contributed by atoms with Crippen LogP contribution in [0.1, 0.15) is 6.92 Å². The summed E-state index contributed by atoms with van der Waals surface area (Å²) < 4.78 is 0. The van der Waals surface area contributed by atoms with E-state index in [2.05, 4.69) is 0 Å². The van der Waals surface area contributed by atoms with Gasteiger partial charge in [-0.1, -0.05) is 12.2 Å². The highest BCUT2D eigenvalue weighted by Crippen LogP contribution is 1.75. The van der Waals surface area contributed by atoms with E-state index >= 15 is 0 Å². The van der Waals surface area contributed by atoms with Crippen LogP contribution in [0.2, 0.25) is 0 Å². The Morgan fingerprint density at radius 1 is 1.86 bits per heavy atom. The third kappa shape index (κ3) is 5.66. The molecule has 42 valence electrons. The number of rotatable bonds is 2. The van der Waals surface area contributed by atoms with Gasteiger partial charge in [-0.15, -0.1) is 0 Å². The fraction of sp³-hybridized carbons (Fsp3) is 0.600. The fourth-order valence-electron chi connectivity index (χ4n) is 0.276. The van der Waals surface area contributed by atoms with Crippen molar-refractivity contribution in [2.45, 2.75) is 13.0 Å². The molecule has 0 aliphatic carbocycles. The normalized spacial score (nSPS) is 15.3. The number of aliphatic hydroxyl groups is 1. The molecule has 0 rings (SSSR count). The van der Waals surface area contributed by atoms with Gasteiger partial charge >= 0.3 is 0 Å². The number of aliphatic hydroxyl groups excluding tert-OH is 1. The minimum absolute atomic E-state index is 0.0622. The van der Waals surface area contributed by atoms with Gasteiger partial charge in [0.1, 0.15) is 0 Å². The second-order valence-corrected chi connectivity index (χ2v) is 1.47. The van der Waals surface area contributed by atoms with E-state index in [1.165, 1.54) is 0 Å². The Balaban J connectivity index is 3.08. The average Bonchev–Trinajstić information content (AvgIpc) is 1.61. The number of nitrogens with two attached hydrogens (primary N) is 1. The van der Waals surface area contributed by atoms with Crippen molar-refractivity contribution in [3.63, 3.8) is 0 Å². The van der Waals surface area contributed by atoms with Crippen LogP contribution in [0.25, 0.3) is 0 Å². The second kappa shape index (κ2) is 3.84. The van der Waals surface area contributed by atoms with Gasteiger partial charge in [-0.05, 0) is 6.92 Å². The molecule has 0 aromatic heterocycles. The highest BCUT2D eigenvalue weighted by Gasteiger charge is 1.78. The van der Waals surface area contributed by atoms with Gasteiger partial charge in [-0.25, -0.2) is 0 Å². The zero-order valence-corrected chi connectivity index (χ0v) is 4.46. The van der Waals surface area contributed by atoms with Crippen LogP contribution < -0.4 is 5.73 Å². The third-order valence-electron chi connectivity index (χ3n) is 0.545. The predicted molar refractivity (Wildman–Crippen MR) is 29.9 cm³/mol. The molecule has 1 atom stereocenters. The SMILES string of the molecule is CC(N)C=CCO. The number of hydrogen-bond acceptors (Lipinski definition) is 2. The Bertz CT molecular complexity index is 59.1. The van der Waals surface area contributed by atoms with Gasteiger partial charge in [0.25, 0.3) is 0 Å². The van der Waals surface area contributed by atoms with Gasteiger partial charge in [0.05, 0.1) is 6.61 Å². The molecule has 0 heterocycles. The molecule has 0 aliphatic rings. The van der Waals surface area contributed by atoms with Crippen LogP contribution in [0.5, 0.6) is 0 Å². The molecule has 2 nitrogen and oxygen atoms in total. The van der Waals surface area contributed by atoms with E-state index in [4.69, 9.17) is 10.8 Å². The van der Waals surface area contributed by atoms with Crippen LogP contribution in [-0.4, -0.2) is 17.8 Å². The highest BCUT2D eigenvalue weighted by atomic mass is 16.2. The van der Waals surface area contributed by atoms with Gasteiger partial charge in [-0.2, -0.15) is 0 Å². The van der Waals surface area contributed by atoms with E-state index < -0.39 is 0 Å². The summed E-state index contributed by atoms with van der Waals surface area (Å²) in [6.07, 6.45) is 3.38. The first-order chi connectivity index (χ1) is 3.27. The van der Waals surface area contributed by atoms with Crippen LogP contribution in [0, 0.1) is 0 Å². The van der Waals surface area contributed by atoms with Crippen molar-refractivity contribution in [2.75, 3.05) is 6.61 Å². The maximum Gasteiger partial charge on any atom is 0.0612 e. The molecule has 0 saturated carbocycles. The molecular formula is C5H11NO. The van der Waals surface area contributed by atoms with E-state index in [1.54, 1.807) is 12.2 Å². The lowest BCUT2D eigenvalue weighted by Gasteiger charge is -1.89. The van der Waals surface area contributed by atoms with E-state index in [9.17, 15) is 0 Å². The first-order valence-corrected chi connectivity index (χ1v) is 2.30. The molecule has 0 aromatic rings. The number of hydrogen-bond donors (Lipinski definition) is 2. The Morgan fingerprint density at radius 2 is 2.43 bits per heavy atom. The molecule has 2 heteroatoms. The molecule has 0 radical (unpaired) electrons. The minimum atomic E-state index is 0.0622. The van der Waals surface area contributed by atoms with E-state index in [0.29, 0.717) is 0 Å². The maximum atomic E-state index is 8.17. The van der Waals surface area contributed by atoms with E-state index in [0.717, 1.165) is 0 Å². The van der Waals surface area contributed by atoms with Gasteiger partial charge in [0.15, 0.2) is 0 Å². The highest BCUT2D eigenvalue weighted by molar-refractivity contribution is 4.87. The lowest BCUT2D eigenvalue weighted by atomic mass is 10.3. The second-order valence-electron chi connectivity index (χ2n) is 1.47. The van der Waals surface area contributed by atoms with Gasteiger partial charge in [-0.3, -0.25) is 0 Å². The van der Waals surface area contributed by atoms with Crippen LogP contribution in [0.15, 0.2) is 12.2 Å². The Morgan fingerprint density at radius 3 is 2.57 bits per heavy atom. The van der Waals surface area contributed by atoms with Crippen LogP contribution in [0.4, 0.5) is 0 Å². The molecule has 0 aliphatic heterocycles. The van der Waals surface area contributed by atoms with Crippen LogP contribution in [-0.2, 0) is 0 Å². The van der Waals surface area contributed by atoms with Crippen molar-refractivity contribution in [1.82, 2.24) is 0 Å². The summed E-state index contributed by atoms with van der Waals surface area (Å²) in [7, 11) is 0. The molecule has 0 saturated heterocycles. The molecule has 0 fully saturated rings. The van der Waals surface area contributed by atoms with Crippen LogP contribution >= 0.6 is 0 Å². The molecule has 0 bridgehead atoms. The summed E-state index contributed by atoms with van der Waals surface area (Å²) in [6, 6.07) is 0.0622. The quantitative estimate of drug-likeness (QED) is 0.476. The van der Waals surface area contributed by atoms with Gasteiger partial charge in [0, 0.05) is 6.04 Å². The molecule has 3 N–H and O–H groups in total. The van der Waals surface area contributed by atoms with Crippen molar-refractivity contribution < 1.29 is 5.11 Å². The summed E-state index contributed by atoms with van der Waals surface area (Å²) >= 11 is 0. The Kier molecular flexibility index (Phi) is 3.65. The lowest BCUT2D eigenvalue weighted by molar-refractivity contribution is 0.342. The largest absolute Gasteiger partial charge is 0.392 e. The van der Waals surface area contributed by atoms with Gasteiger partial charge < -0.3 is 10.8 Å². The van der Waals surface area contributed by atoms with Crippen LogP contribution in [0.3, 0.4) is 0 Å². The zero-order chi connectivity index (χ0) is 5.70. The first-order valence-electron chi connectivity index (χ1n) is 2.30. The molecule has 0 spiro atoms. The topological polar surface area (TPSA) is 46.2 Å². The smallest absolute Gasteiger partial charge is 0.0612 e. The van der Waals surface area contributed by atoms with Crippen molar-refractivity contribution in [3.8, 4) is 0 Å². The summed E-state index contributed by atoms with van der Waals surface area (Å²) in [6.45, 7) is 1.94. The van der Waals surface area contributed by atoms with Gasteiger partial charge in [0.2, 0.25) is 0 Å². The third-order valence-corrected chi connectivity index (χ3v) is 0.545. The maximum absolute atomic E-state index is 8.17. The molecular weight excluding hydrogens is 90.1 g/mol. The standard InChI is InChI=1S/C5H11NO/c1-5(6)3-2-4-7/h2-3,5,7H,4,6H2,1H3. The average molecular weight is 101 g/mol. The minimum Gasteiger partial charge on any atom is -0.392 e. The predicted octanol–water partition coefficient (Wildman–Crippen LogP) is -0.118.